The maximum absolute atomic E-state index is 13.2. The molecule has 0 fully saturated rings. The number of sulfonamides is 1. The van der Waals surface area contributed by atoms with Crippen LogP contribution in [0.15, 0.2) is 82.3 Å². The Labute approximate surface area is 152 Å². The molecule has 0 saturated carbocycles. The van der Waals surface area contributed by atoms with Gasteiger partial charge in [0.15, 0.2) is 0 Å². The van der Waals surface area contributed by atoms with E-state index in [0.29, 0.717) is 17.0 Å². The van der Waals surface area contributed by atoms with Gasteiger partial charge in [-0.3, -0.25) is 9.10 Å². The molecule has 0 aliphatic heterocycles. The molecular weight excluding hydrogens is 352 g/mol. The average Bonchev–Trinajstić information content (AvgIpc) is 3.19. The van der Waals surface area contributed by atoms with Gasteiger partial charge in [-0.15, -0.1) is 0 Å². The van der Waals surface area contributed by atoms with Crippen LogP contribution >= 0.6 is 0 Å². The number of hydrogen-bond donors (Lipinski definition) is 1. The third-order valence-corrected chi connectivity index (χ3v) is 5.64. The number of benzene rings is 2. The summed E-state index contributed by atoms with van der Waals surface area (Å²) < 4.78 is 33.0. The van der Waals surface area contributed by atoms with Crippen molar-refractivity contribution < 1.29 is 17.6 Å². The molecule has 3 rings (SSSR count). The Bertz CT molecular complexity index is 966. The minimum absolute atomic E-state index is 0.0660. The first kappa shape index (κ1) is 17.8. The van der Waals surface area contributed by atoms with Crippen LogP contribution in [0.2, 0.25) is 0 Å². The molecule has 7 heteroatoms. The Morgan fingerprint density at radius 2 is 1.69 bits per heavy atom. The third-order valence-electron chi connectivity index (χ3n) is 3.86. The van der Waals surface area contributed by atoms with Crippen molar-refractivity contribution in [2.24, 2.45) is 0 Å². The SMILES string of the molecule is CNC(=O)c1ccc(S(=O)(=O)N(Cc2ccco2)c2ccccc2)cc1. The van der Waals surface area contributed by atoms with Crippen molar-refractivity contribution in [3.8, 4) is 0 Å². The lowest BCUT2D eigenvalue weighted by Crippen LogP contribution is -2.30. The lowest BCUT2D eigenvalue weighted by Gasteiger charge is -2.23. The van der Waals surface area contributed by atoms with Crippen LogP contribution in [0.4, 0.5) is 5.69 Å². The van der Waals surface area contributed by atoms with Gasteiger partial charge in [-0.1, -0.05) is 18.2 Å². The standard InChI is InChI=1S/C19H18N2O4S/c1-20-19(22)15-9-11-18(12-10-15)26(23,24)21(14-17-8-5-13-25-17)16-6-3-2-4-7-16/h2-13H,14H2,1H3,(H,20,22). The van der Waals surface area contributed by atoms with Crippen molar-refractivity contribution in [2.75, 3.05) is 11.4 Å². The molecule has 0 aliphatic carbocycles. The van der Waals surface area contributed by atoms with E-state index in [1.165, 1.54) is 41.9 Å². The summed E-state index contributed by atoms with van der Waals surface area (Å²) in [5.74, 6) is 0.254. The predicted octanol–water partition coefficient (Wildman–Crippen LogP) is 3.03. The fourth-order valence-corrected chi connectivity index (χ4v) is 3.93. The number of nitrogens with one attached hydrogen (secondary N) is 1. The van der Waals surface area contributed by atoms with Gasteiger partial charge in [-0.25, -0.2) is 8.42 Å². The number of furan rings is 1. The molecule has 3 aromatic rings. The Morgan fingerprint density at radius 1 is 1.00 bits per heavy atom. The van der Waals surface area contributed by atoms with Gasteiger partial charge in [0.05, 0.1) is 23.4 Å². The van der Waals surface area contributed by atoms with Gasteiger partial charge in [-0.05, 0) is 48.5 Å². The van der Waals surface area contributed by atoms with Crippen LogP contribution in [0, 0.1) is 0 Å². The summed E-state index contributed by atoms with van der Waals surface area (Å²) in [5.41, 5.74) is 0.919. The van der Waals surface area contributed by atoms with Crippen LogP contribution in [-0.2, 0) is 16.6 Å². The predicted molar refractivity (Wildman–Crippen MR) is 98.4 cm³/mol. The summed E-state index contributed by atoms with van der Waals surface area (Å²) in [6.07, 6.45) is 1.50. The molecule has 0 radical (unpaired) electrons. The molecule has 0 atom stereocenters. The summed E-state index contributed by atoms with van der Waals surface area (Å²) in [6, 6.07) is 18.1. The number of para-hydroxylation sites is 1. The normalized spacial score (nSPS) is 11.1. The molecule has 2 aromatic carbocycles. The highest BCUT2D eigenvalue weighted by Gasteiger charge is 2.26. The minimum Gasteiger partial charge on any atom is -0.467 e. The number of nitrogens with zero attached hydrogens (tertiary/aromatic N) is 1. The van der Waals surface area contributed by atoms with Crippen molar-refractivity contribution in [2.45, 2.75) is 11.4 Å². The number of hydrogen-bond acceptors (Lipinski definition) is 4. The number of carbonyl (C=O) groups excluding carboxylic acids is 1. The summed E-state index contributed by atoms with van der Waals surface area (Å²) in [7, 11) is -2.32. The Hall–Kier alpha value is -3.06. The molecule has 0 unspecified atom stereocenters. The number of rotatable bonds is 6. The van der Waals surface area contributed by atoms with Gasteiger partial charge in [0.2, 0.25) is 0 Å². The van der Waals surface area contributed by atoms with Crippen molar-refractivity contribution in [3.63, 3.8) is 0 Å². The molecule has 1 aromatic heterocycles. The van der Waals surface area contributed by atoms with E-state index in [1.54, 1.807) is 36.4 Å². The van der Waals surface area contributed by atoms with Crippen LogP contribution < -0.4 is 9.62 Å². The fourth-order valence-electron chi connectivity index (χ4n) is 2.50. The smallest absolute Gasteiger partial charge is 0.264 e. The zero-order valence-electron chi connectivity index (χ0n) is 14.1. The van der Waals surface area contributed by atoms with Gasteiger partial charge >= 0.3 is 0 Å². The minimum atomic E-state index is -3.84. The quantitative estimate of drug-likeness (QED) is 0.723. The maximum atomic E-state index is 13.2. The van der Waals surface area contributed by atoms with Crippen LogP contribution in [0.3, 0.4) is 0 Å². The molecule has 1 heterocycles. The van der Waals surface area contributed by atoms with E-state index in [4.69, 9.17) is 4.42 Å². The van der Waals surface area contributed by atoms with E-state index >= 15 is 0 Å². The second-order valence-electron chi connectivity index (χ2n) is 5.53. The van der Waals surface area contributed by atoms with E-state index in [9.17, 15) is 13.2 Å². The number of anilines is 1. The lowest BCUT2D eigenvalue weighted by atomic mass is 10.2. The summed E-state index contributed by atoms with van der Waals surface area (Å²) in [4.78, 5) is 11.8. The van der Waals surface area contributed by atoms with Gasteiger partial charge in [0, 0.05) is 12.6 Å². The fraction of sp³-hybridized carbons (Fsp3) is 0.105. The van der Waals surface area contributed by atoms with Gasteiger partial charge in [-0.2, -0.15) is 0 Å². The van der Waals surface area contributed by atoms with E-state index in [0.717, 1.165) is 0 Å². The highest BCUT2D eigenvalue weighted by molar-refractivity contribution is 7.92. The zero-order chi connectivity index (χ0) is 18.6. The first-order chi connectivity index (χ1) is 12.5. The van der Waals surface area contributed by atoms with Crippen molar-refractivity contribution in [1.82, 2.24) is 5.32 Å². The van der Waals surface area contributed by atoms with E-state index in [-0.39, 0.29) is 17.3 Å². The zero-order valence-corrected chi connectivity index (χ0v) is 14.9. The first-order valence-electron chi connectivity index (χ1n) is 7.94. The third kappa shape index (κ3) is 3.62. The molecule has 1 N–H and O–H groups in total. The van der Waals surface area contributed by atoms with Crippen molar-refractivity contribution >= 4 is 21.6 Å². The monoisotopic (exact) mass is 370 g/mol. The summed E-state index contributed by atoms with van der Waals surface area (Å²) >= 11 is 0. The molecule has 0 spiro atoms. The molecule has 134 valence electrons. The molecule has 0 saturated heterocycles. The largest absolute Gasteiger partial charge is 0.467 e. The second-order valence-corrected chi connectivity index (χ2v) is 7.39. The highest BCUT2D eigenvalue weighted by atomic mass is 32.2. The van der Waals surface area contributed by atoms with Crippen LogP contribution in [0.1, 0.15) is 16.1 Å². The van der Waals surface area contributed by atoms with Crippen molar-refractivity contribution in [1.29, 1.82) is 0 Å². The number of amides is 1. The highest BCUT2D eigenvalue weighted by Crippen LogP contribution is 2.26. The van der Waals surface area contributed by atoms with Gasteiger partial charge in [0.1, 0.15) is 5.76 Å². The second kappa shape index (κ2) is 7.45. The number of carbonyl (C=O) groups is 1. The maximum Gasteiger partial charge on any atom is 0.264 e. The summed E-state index contributed by atoms with van der Waals surface area (Å²) in [5, 5.41) is 2.51. The topological polar surface area (TPSA) is 79.6 Å². The Morgan fingerprint density at radius 3 is 2.27 bits per heavy atom. The lowest BCUT2D eigenvalue weighted by molar-refractivity contribution is 0.0963. The first-order valence-corrected chi connectivity index (χ1v) is 9.38. The van der Waals surface area contributed by atoms with E-state index in [1.807, 2.05) is 6.07 Å². The van der Waals surface area contributed by atoms with Gasteiger partial charge in [0.25, 0.3) is 15.9 Å². The molecular formula is C19H18N2O4S. The van der Waals surface area contributed by atoms with Crippen LogP contribution in [0.25, 0.3) is 0 Å². The summed E-state index contributed by atoms with van der Waals surface area (Å²) in [6.45, 7) is 0.0660. The van der Waals surface area contributed by atoms with Crippen LogP contribution in [-0.4, -0.2) is 21.4 Å². The van der Waals surface area contributed by atoms with E-state index in [2.05, 4.69) is 5.32 Å². The molecule has 1 amide bonds. The molecule has 0 aliphatic rings. The van der Waals surface area contributed by atoms with Crippen molar-refractivity contribution in [3.05, 3.63) is 84.3 Å². The molecule has 6 nitrogen and oxygen atoms in total. The van der Waals surface area contributed by atoms with Crippen LogP contribution in [0.5, 0.6) is 0 Å². The van der Waals surface area contributed by atoms with Gasteiger partial charge < -0.3 is 9.73 Å². The Balaban J connectivity index is 2.00. The molecule has 0 bridgehead atoms. The van der Waals surface area contributed by atoms with E-state index < -0.39 is 10.0 Å². The average molecular weight is 370 g/mol. The Kier molecular flexibility index (Phi) is 5.09. The molecule has 26 heavy (non-hydrogen) atoms.